The summed E-state index contributed by atoms with van der Waals surface area (Å²) in [5.74, 6) is -0.322. The Bertz CT molecular complexity index is 1280. The van der Waals surface area contributed by atoms with Gasteiger partial charge in [-0.2, -0.15) is 13.5 Å². The SMILES string of the molecule is COc1cc(C=NNS(=O)(=O)c2ccc(Cl)cc2)ccc1OC(=O)c1ccc(Cl)cc1Cl. The molecule has 3 rings (SSSR count). The second kappa shape index (κ2) is 10.2. The van der Waals surface area contributed by atoms with Crippen LogP contribution in [0.5, 0.6) is 11.5 Å². The number of nitrogens with zero attached hydrogens (tertiary/aromatic N) is 1. The third-order valence-corrected chi connectivity index (χ3v) is 6.09. The van der Waals surface area contributed by atoms with Gasteiger partial charge in [0, 0.05) is 10.0 Å². The molecule has 0 saturated carbocycles. The Kier molecular flexibility index (Phi) is 7.63. The Morgan fingerprint density at radius 1 is 0.938 bits per heavy atom. The lowest BCUT2D eigenvalue weighted by Gasteiger charge is -2.10. The average molecular weight is 514 g/mol. The number of hydrogen-bond acceptors (Lipinski definition) is 6. The molecule has 7 nitrogen and oxygen atoms in total. The summed E-state index contributed by atoms with van der Waals surface area (Å²) in [5.41, 5.74) is 0.630. The van der Waals surface area contributed by atoms with E-state index in [1.807, 2.05) is 0 Å². The number of ether oxygens (including phenoxy) is 2. The molecule has 0 radical (unpaired) electrons. The highest BCUT2D eigenvalue weighted by Gasteiger charge is 2.16. The first-order chi connectivity index (χ1) is 15.2. The van der Waals surface area contributed by atoms with Gasteiger partial charge in [-0.3, -0.25) is 0 Å². The van der Waals surface area contributed by atoms with Crippen molar-refractivity contribution in [3.63, 3.8) is 0 Å². The average Bonchev–Trinajstić information content (AvgIpc) is 2.74. The molecule has 0 heterocycles. The molecule has 0 saturated heterocycles. The van der Waals surface area contributed by atoms with Gasteiger partial charge < -0.3 is 9.47 Å². The summed E-state index contributed by atoms with van der Waals surface area (Å²) in [7, 11) is -2.46. The Morgan fingerprint density at radius 3 is 2.28 bits per heavy atom. The molecule has 0 atom stereocenters. The summed E-state index contributed by atoms with van der Waals surface area (Å²) in [6.07, 6.45) is 1.28. The zero-order valence-electron chi connectivity index (χ0n) is 16.4. The standard InChI is InChI=1S/C21H15Cl3N2O5S/c1-30-20-10-13(12-25-26-32(28,29)16-6-3-14(22)4-7-16)2-9-19(20)31-21(27)17-8-5-15(23)11-18(17)24/h2-12,26H,1H3. The molecule has 0 amide bonds. The zero-order valence-corrected chi connectivity index (χ0v) is 19.5. The van der Waals surface area contributed by atoms with E-state index in [1.165, 1.54) is 67.9 Å². The van der Waals surface area contributed by atoms with Crippen molar-refractivity contribution in [2.75, 3.05) is 7.11 Å². The molecule has 32 heavy (non-hydrogen) atoms. The molecule has 0 aliphatic rings. The van der Waals surface area contributed by atoms with Gasteiger partial charge in [0.25, 0.3) is 10.0 Å². The molecule has 0 unspecified atom stereocenters. The maximum Gasteiger partial charge on any atom is 0.345 e. The normalized spacial score (nSPS) is 11.4. The van der Waals surface area contributed by atoms with Gasteiger partial charge in [-0.15, -0.1) is 0 Å². The maximum absolute atomic E-state index is 12.4. The van der Waals surface area contributed by atoms with Gasteiger partial charge in [0.2, 0.25) is 0 Å². The minimum atomic E-state index is -3.85. The highest BCUT2D eigenvalue weighted by molar-refractivity contribution is 7.89. The first-order valence-corrected chi connectivity index (χ1v) is 11.5. The highest BCUT2D eigenvalue weighted by atomic mass is 35.5. The molecule has 0 aliphatic carbocycles. The van der Waals surface area contributed by atoms with Gasteiger partial charge >= 0.3 is 5.97 Å². The molecule has 0 aromatic heterocycles. The third-order valence-electron chi connectivity index (χ3n) is 4.05. The predicted octanol–water partition coefficient (Wildman–Crippen LogP) is 5.19. The summed E-state index contributed by atoms with van der Waals surface area (Å²) < 4.78 is 35.1. The van der Waals surface area contributed by atoms with E-state index < -0.39 is 16.0 Å². The molecule has 0 bridgehead atoms. The zero-order chi connectivity index (χ0) is 23.3. The number of nitrogens with one attached hydrogen (secondary N) is 1. The number of esters is 1. The monoisotopic (exact) mass is 512 g/mol. The molecule has 3 aromatic rings. The second-order valence-electron chi connectivity index (χ2n) is 6.23. The molecular formula is C21H15Cl3N2O5S. The van der Waals surface area contributed by atoms with Gasteiger partial charge in [-0.25, -0.2) is 9.63 Å². The minimum Gasteiger partial charge on any atom is -0.493 e. The van der Waals surface area contributed by atoms with Crippen molar-refractivity contribution in [2.24, 2.45) is 5.10 Å². The van der Waals surface area contributed by atoms with E-state index in [2.05, 4.69) is 9.93 Å². The van der Waals surface area contributed by atoms with Crippen molar-refractivity contribution >= 4 is 57.0 Å². The van der Waals surface area contributed by atoms with E-state index in [-0.39, 0.29) is 27.0 Å². The van der Waals surface area contributed by atoms with Gasteiger partial charge in [0.15, 0.2) is 11.5 Å². The number of carbonyl (C=O) groups excluding carboxylic acids is 1. The maximum atomic E-state index is 12.4. The van der Waals surface area contributed by atoms with Crippen molar-refractivity contribution in [3.8, 4) is 11.5 Å². The quantitative estimate of drug-likeness (QED) is 0.203. The van der Waals surface area contributed by atoms with Crippen LogP contribution in [0.2, 0.25) is 15.1 Å². The van der Waals surface area contributed by atoms with Crippen LogP contribution in [0.1, 0.15) is 15.9 Å². The second-order valence-corrected chi connectivity index (χ2v) is 9.17. The van der Waals surface area contributed by atoms with Crippen molar-refractivity contribution in [2.45, 2.75) is 4.90 Å². The number of carbonyl (C=O) groups is 1. The molecule has 166 valence electrons. The lowest BCUT2D eigenvalue weighted by molar-refractivity contribution is 0.0730. The van der Waals surface area contributed by atoms with Gasteiger partial charge in [0.1, 0.15) is 0 Å². The van der Waals surface area contributed by atoms with Crippen molar-refractivity contribution < 1.29 is 22.7 Å². The summed E-state index contributed by atoms with van der Waals surface area (Å²) >= 11 is 17.6. The third kappa shape index (κ3) is 5.92. The van der Waals surface area contributed by atoms with E-state index in [1.54, 1.807) is 6.07 Å². The van der Waals surface area contributed by atoms with E-state index in [9.17, 15) is 13.2 Å². The summed E-state index contributed by atoms with van der Waals surface area (Å²) in [6.45, 7) is 0. The van der Waals surface area contributed by atoms with Crippen LogP contribution >= 0.6 is 34.8 Å². The first kappa shape index (κ1) is 23.9. The number of hydrogen-bond donors (Lipinski definition) is 1. The van der Waals surface area contributed by atoms with Crippen LogP contribution in [0.25, 0.3) is 0 Å². The number of benzene rings is 3. The minimum absolute atomic E-state index is 0.0137. The fraction of sp³-hybridized carbons (Fsp3) is 0.0476. The summed E-state index contributed by atoms with van der Waals surface area (Å²) in [6, 6.07) is 14.6. The van der Waals surface area contributed by atoms with E-state index >= 15 is 0 Å². The summed E-state index contributed by atoms with van der Waals surface area (Å²) in [4.78, 5) is 14.5. The number of hydrazone groups is 1. The number of halogens is 3. The van der Waals surface area contributed by atoms with Crippen LogP contribution in [0.4, 0.5) is 0 Å². The van der Waals surface area contributed by atoms with Crippen molar-refractivity contribution in [1.82, 2.24) is 4.83 Å². The Labute approximate surface area is 199 Å². The topological polar surface area (TPSA) is 94.1 Å². The molecular weight excluding hydrogens is 499 g/mol. The molecule has 0 fully saturated rings. The van der Waals surface area contributed by atoms with E-state index in [0.717, 1.165) is 0 Å². The summed E-state index contributed by atoms with van der Waals surface area (Å²) in [5, 5.41) is 4.71. The molecule has 3 aromatic carbocycles. The Morgan fingerprint density at radius 2 is 1.62 bits per heavy atom. The highest BCUT2D eigenvalue weighted by Crippen LogP contribution is 2.30. The van der Waals surface area contributed by atoms with Crippen molar-refractivity contribution in [3.05, 3.63) is 86.9 Å². The number of rotatable bonds is 7. The largest absolute Gasteiger partial charge is 0.493 e. The predicted molar refractivity (Wildman–Crippen MR) is 124 cm³/mol. The lowest BCUT2D eigenvalue weighted by Crippen LogP contribution is -2.18. The van der Waals surface area contributed by atoms with Crippen LogP contribution in [0.3, 0.4) is 0 Å². The van der Waals surface area contributed by atoms with Crippen LogP contribution in [0.15, 0.2) is 70.7 Å². The van der Waals surface area contributed by atoms with Gasteiger partial charge in [0.05, 0.1) is 28.8 Å². The molecule has 1 N–H and O–H groups in total. The van der Waals surface area contributed by atoms with E-state index in [0.29, 0.717) is 15.6 Å². The number of methoxy groups -OCH3 is 1. The van der Waals surface area contributed by atoms with Crippen LogP contribution < -0.4 is 14.3 Å². The van der Waals surface area contributed by atoms with Crippen molar-refractivity contribution in [1.29, 1.82) is 0 Å². The molecule has 0 aliphatic heterocycles. The molecule has 0 spiro atoms. The fourth-order valence-electron chi connectivity index (χ4n) is 2.50. The first-order valence-electron chi connectivity index (χ1n) is 8.85. The Hall–Kier alpha value is -2.78. The van der Waals surface area contributed by atoms with Gasteiger partial charge in [-0.05, 0) is 66.2 Å². The van der Waals surface area contributed by atoms with Crippen LogP contribution in [-0.2, 0) is 10.0 Å². The van der Waals surface area contributed by atoms with E-state index in [4.69, 9.17) is 44.3 Å². The van der Waals surface area contributed by atoms with Crippen LogP contribution in [0, 0.1) is 0 Å². The number of sulfonamides is 1. The fourth-order valence-corrected chi connectivity index (χ4v) is 3.90. The Balaban J connectivity index is 1.73. The van der Waals surface area contributed by atoms with Crippen LogP contribution in [-0.4, -0.2) is 27.7 Å². The smallest absolute Gasteiger partial charge is 0.345 e. The molecule has 11 heteroatoms. The lowest BCUT2D eigenvalue weighted by atomic mass is 10.2. The van der Waals surface area contributed by atoms with Gasteiger partial charge in [-0.1, -0.05) is 34.8 Å².